The van der Waals surface area contributed by atoms with Crippen molar-refractivity contribution in [1.29, 1.82) is 0 Å². The number of anilines is 1. The van der Waals surface area contributed by atoms with Crippen LogP contribution < -0.4 is 9.86 Å². The summed E-state index contributed by atoms with van der Waals surface area (Å²) >= 11 is 0. The maximum Gasteiger partial charge on any atom is 0.306 e. The van der Waals surface area contributed by atoms with Crippen molar-refractivity contribution in [3.05, 3.63) is 24.3 Å². The number of carbonyl (C=O) groups excluding carboxylic acids is 1. The molecule has 0 saturated heterocycles. The lowest BCUT2D eigenvalue weighted by Crippen LogP contribution is -2.20. The molecule has 10 heteroatoms. The third-order valence-electron chi connectivity index (χ3n) is 2.32. The van der Waals surface area contributed by atoms with E-state index in [0.29, 0.717) is 0 Å². The summed E-state index contributed by atoms with van der Waals surface area (Å²) in [4.78, 5) is 10.9. The molecule has 1 aromatic carbocycles. The van der Waals surface area contributed by atoms with Crippen LogP contribution in [0, 0.1) is 0 Å². The number of esters is 1. The molecule has 0 fully saturated rings. The molecule has 0 radical (unpaired) electrons. The lowest BCUT2D eigenvalue weighted by atomic mass is 10.3. The summed E-state index contributed by atoms with van der Waals surface area (Å²) in [6.07, 6.45) is -0.294. The quantitative estimate of drug-likeness (QED) is 0.675. The Labute approximate surface area is 123 Å². The number of sulfonamides is 2. The van der Waals surface area contributed by atoms with Crippen molar-refractivity contribution in [2.75, 3.05) is 17.1 Å². The molecule has 0 amide bonds. The molecule has 3 N–H and O–H groups in total. The van der Waals surface area contributed by atoms with Gasteiger partial charge in [-0.05, 0) is 25.1 Å². The molecule has 0 heterocycles. The summed E-state index contributed by atoms with van der Waals surface area (Å²) in [6.45, 7) is 1.78. The highest BCUT2D eigenvalue weighted by Crippen LogP contribution is 2.15. The smallest absolute Gasteiger partial charge is 0.306 e. The van der Waals surface area contributed by atoms with E-state index in [1.165, 1.54) is 18.2 Å². The molecule has 0 unspecified atom stereocenters. The van der Waals surface area contributed by atoms with Crippen LogP contribution in [0.5, 0.6) is 0 Å². The van der Waals surface area contributed by atoms with Gasteiger partial charge in [-0.3, -0.25) is 9.52 Å². The van der Waals surface area contributed by atoms with Gasteiger partial charge in [0, 0.05) is 5.69 Å². The summed E-state index contributed by atoms with van der Waals surface area (Å²) < 4.78 is 52.7. The van der Waals surface area contributed by atoms with E-state index in [9.17, 15) is 21.6 Å². The van der Waals surface area contributed by atoms with Crippen molar-refractivity contribution in [2.24, 2.45) is 5.14 Å². The van der Waals surface area contributed by atoms with Gasteiger partial charge in [0.1, 0.15) is 0 Å². The highest BCUT2D eigenvalue weighted by molar-refractivity contribution is 7.92. The van der Waals surface area contributed by atoms with Crippen molar-refractivity contribution >= 4 is 31.7 Å². The fourth-order valence-electron chi connectivity index (χ4n) is 1.42. The molecule has 21 heavy (non-hydrogen) atoms. The Hall–Kier alpha value is -1.65. The van der Waals surface area contributed by atoms with Gasteiger partial charge in [-0.15, -0.1) is 0 Å². The van der Waals surface area contributed by atoms with Gasteiger partial charge in [0.25, 0.3) is 0 Å². The molecule has 0 aliphatic heterocycles. The van der Waals surface area contributed by atoms with E-state index in [0.717, 1.165) is 6.07 Å². The highest BCUT2D eigenvalue weighted by Gasteiger charge is 2.15. The van der Waals surface area contributed by atoms with Crippen LogP contribution in [0.15, 0.2) is 29.2 Å². The molecule has 8 nitrogen and oxygen atoms in total. The Kier molecular flexibility index (Phi) is 5.70. The van der Waals surface area contributed by atoms with E-state index >= 15 is 0 Å². The average Bonchev–Trinajstić information content (AvgIpc) is 2.36. The number of ether oxygens (including phenoxy) is 1. The zero-order valence-electron chi connectivity index (χ0n) is 11.3. The first-order chi connectivity index (χ1) is 9.64. The SMILES string of the molecule is CCOC(=O)CCS(=O)(=O)Nc1cccc(S(N)(=O)=O)c1. The number of nitrogens with one attached hydrogen (secondary N) is 1. The number of nitrogens with two attached hydrogens (primary N) is 1. The van der Waals surface area contributed by atoms with Crippen LogP contribution in [0.2, 0.25) is 0 Å². The molecule has 0 aliphatic carbocycles. The van der Waals surface area contributed by atoms with Crippen LogP contribution in [0.4, 0.5) is 5.69 Å². The molecule has 0 aromatic heterocycles. The van der Waals surface area contributed by atoms with Crippen molar-refractivity contribution in [3.8, 4) is 0 Å². The van der Waals surface area contributed by atoms with E-state index in [4.69, 9.17) is 5.14 Å². The standard InChI is InChI=1S/C11H16N2O6S2/c1-2-19-11(14)6-7-20(15,16)13-9-4-3-5-10(8-9)21(12,17)18/h3-5,8,13H,2,6-7H2,1H3,(H2,12,17,18). The zero-order chi connectivity index (χ0) is 16.1. The molecule has 0 spiro atoms. The summed E-state index contributed by atoms with van der Waals surface area (Å²) in [6, 6.07) is 5.06. The van der Waals surface area contributed by atoms with Gasteiger partial charge in [0.05, 0.1) is 23.7 Å². The van der Waals surface area contributed by atoms with Crippen LogP contribution in [0.1, 0.15) is 13.3 Å². The summed E-state index contributed by atoms with van der Waals surface area (Å²) in [5, 5.41) is 4.95. The molecule has 1 rings (SSSR count). The van der Waals surface area contributed by atoms with E-state index < -0.39 is 31.8 Å². The van der Waals surface area contributed by atoms with Crippen molar-refractivity contribution in [2.45, 2.75) is 18.2 Å². The fourth-order valence-corrected chi connectivity index (χ4v) is 3.00. The molecular formula is C11H16N2O6S2. The monoisotopic (exact) mass is 336 g/mol. The second-order valence-electron chi connectivity index (χ2n) is 4.05. The Bertz CT molecular complexity index is 712. The lowest BCUT2D eigenvalue weighted by molar-refractivity contribution is -0.142. The second kappa shape index (κ2) is 6.87. The molecule has 0 aliphatic rings. The molecule has 0 saturated carbocycles. The maximum atomic E-state index is 11.8. The van der Waals surface area contributed by atoms with Gasteiger partial charge in [0.2, 0.25) is 20.0 Å². The van der Waals surface area contributed by atoms with E-state index in [2.05, 4.69) is 9.46 Å². The van der Waals surface area contributed by atoms with Crippen LogP contribution in [0.25, 0.3) is 0 Å². The minimum atomic E-state index is -3.92. The van der Waals surface area contributed by atoms with Crippen LogP contribution in [-0.4, -0.2) is 35.2 Å². The van der Waals surface area contributed by atoms with Gasteiger partial charge in [-0.2, -0.15) is 0 Å². The predicted molar refractivity (Wildman–Crippen MR) is 76.5 cm³/mol. The van der Waals surface area contributed by atoms with E-state index in [-0.39, 0.29) is 23.6 Å². The number of benzene rings is 1. The normalized spacial score (nSPS) is 11.9. The minimum Gasteiger partial charge on any atom is -0.466 e. The zero-order valence-corrected chi connectivity index (χ0v) is 12.9. The first-order valence-electron chi connectivity index (χ1n) is 5.93. The van der Waals surface area contributed by atoms with Crippen LogP contribution in [-0.2, 0) is 29.6 Å². The van der Waals surface area contributed by atoms with Gasteiger partial charge >= 0.3 is 5.97 Å². The Morgan fingerprint density at radius 2 is 1.95 bits per heavy atom. The third-order valence-corrected chi connectivity index (χ3v) is 4.52. The Morgan fingerprint density at radius 1 is 1.29 bits per heavy atom. The van der Waals surface area contributed by atoms with Crippen LogP contribution in [0.3, 0.4) is 0 Å². The molecule has 0 bridgehead atoms. The summed E-state index contributed by atoms with van der Waals surface area (Å²) in [5.41, 5.74) is 0.0467. The van der Waals surface area contributed by atoms with Gasteiger partial charge in [-0.1, -0.05) is 6.07 Å². The van der Waals surface area contributed by atoms with E-state index in [1.54, 1.807) is 6.92 Å². The largest absolute Gasteiger partial charge is 0.466 e. The Morgan fingerprint density at radius 3 is 2.52 bits per heavy atom. The maximum absolute atomic E-state index is 11.8. The minimum absolute atomic E-state index is 0.0467. The van der Waals surface area contributed by atoms with Gasteiger partial charge in [-0.25, -0.2) is 22.0 Å². The van der Waals surface area contributed by atoms with Gasteiger partial charge in [0.15, 0.2) is 0 Å². The Balaban J connectivity index is 2.78. The summed E-state index contributed by atoms with van der Waals surface area (Å²) in [7, 11) is -7.72. The average molecular weight is 336 g/mol. The summed E-state index contributed by atoms with van der Waals surface area (Å²) in [5.74, 6) is -1.09. The van der Waals surface area contributed by atoms with Crippen LogP contribution >= 0.6 is 0 Å². The van der Waals surface area contributed by atoms with Crippen molar-refractivity contribution < 1.29 is 26.4 Å². The van der Waals surface area contributed by atoms with Crippen molar-refractivity contribution in [1.82, 2.24) is 0 Å². The highest BCUT2D eigenvalue weighted by atomic mass is 32.2. The fraction of sp³-hybridized carbons (Fsp3) is 0.364. The topological polar surface area (TPSA) is 133 Å². The predicted octanol–water partition coefficient (Wildman–Crippen LogP) is 0.0289. The number of hydrogen-bond acceptors (Lipinski definition) is 6. The third kappa shape index (κ3) is 6.10. The van der Waals surface area contributed by atoms with Gasteiger partial charge < -0.3 is 4.74 Å². The molecule has 1 aromatic rings. The lowest BCUT2D eigenvalue weighted by Gasteiger charge is -2.08. The first kappa shape index (κ1) is 17.4. The number of primary sulfonamides is 1. The molecule has 118 valence electrons. The first-order valence-corrected chi connectivity index (χ1v) is 9.13. The number of carbonyl (C=O) groups is 1. The number of rotatable bonds is 7. The molecule has 0 atom stereocenters. The second-order valence-corrected chi connectivity index (χ2v) is 7.45. The van der Waals surface area contributed by atoms with Crippen molar-refractivity contribution in [3.63, 3.8) is 0 Å². The molecular weight excluding hydrogens is 320 g/mol. The van der Waals surface area contributed by atoms with E-state index in [1.807, 2.05) is 0 Å². The number of hydrogen-bond donors (Lipinski definition) is 2.